The van der Waals surface area contributed by atoms with Gasteiger partial charge in [0.15, 0.2) is 0 Å². The summed E-state index contributed by atoms with van der Waals surface area (Å²) in [6.45, 7) is 0. The minimum absolute atomic E-state index is 0.525. The zero-order chi connectivity index (χ0) is 29.5. The molecule has 1 saturated carbocycles. The summed E-state index contributed by atoms with van der Waals surface area (Å²) in [7, 11) is 0. The molecule has 3 fully saturated rings. The van der Waals surface area contributed by atoms with Gasteiger partial charge in [-0.15, -0.1) is 11.8 Å². The van der Waals surface area contributed by atoms with E-state index in [2.05, 4.69) is 94.5 Å². The van der Waals surface area contributed by atoms with Crippen LogP contribution in [0.3, 0.4) is 0 Å². The monoisotopic (exact) mass is 614 g/mol. The van der Waals surface area contributed by atoms with E-state index >= 15 is 0 Å². The largest absolute Gasteiger partial charge is 0.367 e. The molecule has 0 radical (unpaired) electrons. The second-order valence-electron chi connectivity index (χ2n) is 15.7. The molecule has 3 aliphatic heterocycles. The standard InChI is InChI=1S/C42H50N2S/c1-2-12-28(13-3-1)43-35-18-8-6-16-31(35)34-26-27(22-24-38(34)43)41-39(25-23-33-32-17-7-11-21-40(32)45-42(33)41)44-36-19-9-4-14-29(36)30-15-5-10-20-37(30)44/h1-4,6,9,12,16-17,21-22,24,28-29,31,33-36,39,41-42H,5,7-8,10-11,13-15,18-20,23,25-26H2. The lowest BCUT2D eigenvalue weighted by atomic mass is 9.67. The molecule has 3 heterocycles. The van der Waals surface area contributed by atoms with Crippen molar-refractivity contribution >= 4 is 11.8 Å². The van der Waals surface area contributed by atoms with E-state index in [0.29, 0.717) is 47.2 Å². The third kappa shape index (κ3) is 4.27. The minimum Gasteiger partial charge on any atom is -0.367 e. The number of hydrogen-bond donors (Lipinski definition) is 0. The zero-order valence-electron chi connectivity index (χ0n) is 26.9. The maximum absolute atomic E-state index is 3.14. The lowest BCUT2D eigenvalue weighted by Crippen LogP contribution is -2.52. The van der Waals surface area contributed by atoms with Gasteiger partial charge >= 0.3 is 0 Å². The first-order valence-electron chi connectivity index (χ1n) is 18.8. The Morgan fingerprint density at radius 1 is 0.689 bits per heavy atom. The topological polar surface area (TPSA) is 6.48 Å². The third-order valence-corrected chi connectivity index (χ3v) is 15.2. The van der Waals surface area contributed by atoms with E-state index in [0.717, 1.165) is 18.3 Å². The molecule has 3 heteroatoms. The molecular formula is C42H50N2S. The van der Waals surface area contributed by atoms with E-state index in [1.807, 2.05) is 16.8 Å². The lowest BCUT2D eigenvalue weighted by molar-refractivity contribution is 0.0942. The Morgan fingerprint density at radius 2 is 1.62 bits per heavy atom. The van der Waals surface area contributed by atoms with Crippen molar-refractivity contribution in [2.45, 2.75) is 119 Å². The van der Waals surface area contributed by atoms with Crippen molar-refractivity contribution in [3.05, 3.63) is 106 Å². The van der Waals surface area contributed by atoms with Crippen LogP contribution in [0.4, 0.5) is 0 Å². The van der Waals surface area contributed by atoms with Crippen molar-refractivity contribution in [3.8, 4) is 0 Å². The van der Waals surface area contributed by atoms with Crippen LogP contribution < -0.4 is 0 Å². The molecule has 7 aliphatic carbocycles. The summed E-state index contributed by atoms with van der Waals surface area (Å²) in [6.07, 6.45) is 48.5. The van der Waals surface area contributed by atoms with Gasteiger partial charge in [0.05, 0.1) is 6.04 Å². The van der Waals surface area contributed by atoms with Crippen LogP contribution >= 0.6 is 11.8 Å². The number of hydrogen-bond acceptors (Lipinski definition) is 3. The second kappa shape index (κ2) is 11.1. The first-order chi connectivity index (χ1) is 22.3. The molecule has 10 rings (SSSR count). The molecule has 234 valence electrons. The highest BCUT2D eigenvalue weighted by Crippen LogP contribution is 2.61. The molecule has 0 spiro atoms. The molecule has 10 aliphatic rings. The van der Waals surface area contributed by atoms with Gasteiger partial charge < -0.3 is 9.80 Å². The van der Waals surface area contributed by atoms with Crippen molar-refractivity contribution in [2.24, 2.45) is 29.6 Å². The van der Waals surface area contributed by atoms with Crippen LogP contribution in [0.2, 0.25) is 0 Å². The average molecular weight is 615 g/mol. The summed E-state index contributed by atoms with van der Waals surface area (Å²) in [5.74, 6) is 3.50. The number of fused-ring (bicyclic) bond motifs is 8. The number of allylic oxidation sites excluding steroid dienone is 11. The summed E-state index contributed by atoms with van der Waals surface area (Å²) >= 11 is 2.31. The van der Waals surface area contributed by atoms with Gasteiger partial charge in [0.1, 0.15) is 0 Å². The van der Waals surface area contributed by atoms with Crippen LogP contribution in [-0.4, -0.2) is 39.2 Å². The van der Waals surface area contributed by atoms with Gasteiger partial charge in [-0.3, -0.25) is 0 Å². The van der Waals surface area contributed by atoms with E-state index in [1.54, 1.807) is 16.2 Å². The predicted octanol–water partition coefficient (Wildman–Crippen LogP) is 9.94. The van der Waals surface area contributed by atoms with E-state index in [-0.39, 0.29) is 0 Å². The van der Waals surface area contributed by atoms with Crippen LogP contribution in [0, 0.1) is 29.6 Å². The second-order valence-corrected chi connectivity index (χ2v) is 16.9. The fourth-order valence-corrected chi connectivity index (χ4v) is 13.8. The molecule has 2 saturated heterocycles. The third-order valence-electron chi connectivity index (χ3n) is 13.7. The summed E-state index contributed by atoms with van der Waals surface area (Å²) < 4.78 is 0. The molecule has 0 aromatic carbocycles. The van der Waals surface area contributed by atoms with Crippen LogP contribution in [0.5, 0.6) is 0 Å². The number of nitrogens with zero attached hydrogens (tertiary/aromatic N) is 2. The van der Waals surface area contributed by atoms with Crippen LogP contribution in [0.1, 0.15) is 89.9 Å². The van der Waals surface area contributed by atoms with E-state index in [9.17, 15) is 0 Å². The summed E-state index contributed by atoms with van der Waals surface area (Å²) in [6, 6.07) is 2.56. The van der Waals surface area contributed by atoms with Crippen molar-refractivity contribution in [1.82, 2.24) is 9.80 Å². The molecule has 2 nitrogen and oxygen atoms in total. The average Bonchev–Trinajstić information content (AvgIpc) is 3.76. The van der Waals surface area contributed by atoms with Crippen molar-refractivity contribution < 1.29 is 0 Å². The quantitative estimate of drug-likeness (QED) is 0.292. The molecule has 0 N–H and O–H groups in total. The Bertz CT molecular complexity index is 1530. The predicted molar refractivity (Wildman–Crippen MR) is 188 cm³/mol. The van der Waals surface area contributed by atoms with Gasteiger partial charge in [0.25, 0.3) is 0 Å². The van der Waals surface area contributed by atoms with Crippen molar-refractivity contribution in [1.29, 1.82) is 0 Å². The maximum atomic E-state index is 3.14. The van der Waals surface area contributed by atoms with Gasteiger partial charge in [0.2, 0.25) is 0 Å². The molecular weight excluding hydrogens is 565 g/mol. The Hall–Kier alpha value is -2.39. The first-order valence-corrected chi connectivity index (χ1v) is 19.6. The van der Waals surface area contributed by atoms with Gasteiger partial charge in [-0.1, -0.05) is 72.4 Å². The Morgan fingerprint density at radius 3 is 2.58 bits per heavy atom. The van der Waals surface area contributed by atoms with E-state index < -0.39 is 0 Å². The van der Waals surface area contributed by atoms with Gasteiger partial charge in [0, 0.05) is 63.3 Å². The Balaban J connectivity index is 1.06. The summed E-state index contributed by atoms with van der Waals surface area (Å²) in [5, 5.41) is 0.702. The summed E-state index contributed by atoms with van der Waals surface area (Å²) in [5.41, 5.74) is 8.90. The normalized spacial score (nSPS) is 42.7. The fourth-order valence-electron chi connectivity index (χ4n) is 12.0. The van der Waals surface area contributed by atoms with Gasteiger partial charge in [-0.2, -0.15) is 0 Å². The zero-order valence-corrected chi connectivity index (χ0v) is 27.7. The first kappa shape index (κ1) is 27.7. The van der Waals surface area contributed by atoms with Crippen LogP contribution in [-0.2, 0) is 0 Å². The molecule has 0 amide bonds. The van der Waals surface area contributed by atoms with Crippen LogP contribution in [0.25, 0.3) is 0 Å². The minimum atomic E-state index is 0.525. The van der Waals surface area contributed by atoms with Crippen molar-refractivity contribution in [3.63, 3.8) is 0 Å². The maximum Gasteiger partial charge on any atom is 0.0511 e. The Labute approximate surface area is 275 Å². The summed E-state index contributed by atoms with van der Waals surface area (Å²) in [4.78, 5) is 7.69. The molecule has 0 bridgehead atoms. The van der Waals surface area contributed by atoms with Crippen LogP contribution in [0.15, 0.2) is 106 Å². The number of likely N-dealkylation sites (tertiary alicyclic amines) is 1. The number of rotatable bonds is 3. The van der Waals surface area contributed by atoms with E-state index in [1.165, 1.54) is 83.5 Å². The molecule has 0 aromatic rings. The van der Waals surface area contributed by atoms with Gasteiger partial charge in [-0.05, 0) is 113 Å². The highest BCUT2D eigenvalue weighted by Gasteiger charge is 2.55. The smallest absolute Gasteiger partial charge is 0.0511 e. The fraction of sp³-hybridized carbons (Fsp3) is 0.571. The molecule has 0 aromatic heterocycles. The SMILES string of the molecule is C1=CCC(N2C3=CC=C(C4C5SC6=CCCC=C6C5CCC4N4C5=C(CCCC5)C5CC=CCC54)CC3C3C=CCCC32)C=C1. The highest BCUT2D eigenvalue weighted by atomic mass is 32.2. The lowest BCUT2D eigenvalue weighted by Gasteiger charge is -2.50. The Kier molecular flexibility index (Phi) is 6.83. The molecule has 45 heavy (non-hydrogen) atoms. The van der Waals surface area contributed by atoms with Gasteiger partial charge in [-0.25, -0.2) is 0 Å². The number of thioether (sulfide) groups is 1. The highest BCUT2D eigenvalue weighted by molar-refractivity contribution is 8.04. The molecule has 10 unspecified atom stereocenters. The van der Waals surface area contributed by atoms with Crippen molar-refractivity contribution in [2.75, 3.05) is 0 Å². The molecule has 10 atom stereocenters. The van der Waals surface area contributed by atoms with E-state index in [4.69, 9.17) is 0 Å².